The van der Waals surface area contributed by atoms with Crippen LogP contribution in [0.3, 0.4) is 0 Å². The highest BCUT2D eigenvalue weighted by molar-refractivity contribution is 6.01. The monoisotopic (exact) mass is 458 g/mol. The van der Waals surface area contributed by atoms with Crippen molar-refractivity contribution in [2.75, 3.05) is 6.61 Å². The number of rotatable bonds is 5. The van der Waals surface area contributed by atoms with Crippen LogP contribution in [0.15, 0.2) is 59.4 Å². The Balaban J connectivity index is 2.23. The number of allylic oxidation sites excluding steroid dienone is 1. The number of aliphatic hydroxyl groups is 1. The van der Waals surface area contributed by atoms with Gasteiger partial charge in [0.25, 0.3) is 0 Å². The maximum Gasteiger partial charge on any atom is 0.334 e. The second kappa shape index (κ2) is 8.82. The second-order valence-electron chi connectivity index (χ2n) is 8.58. The van der Waals surface area contributed by atoms with E-state index in [0.717, 1.165) is 6.08 Å². The van der Waals surface area contributed by atoms with E-state index in [2.05, 4.69) is 13.2 Å². The lowest BCUT2D eigenvalue weighted by Crippen LogP contribution is -2.57. The van der Waals surface area contributed by atoms with Gasteiger partial charge in [0.05, 0.1) is 12.5 Å². The quantitative estimate of drug-likeness (QED) is 0.372. The molecule has 3 heterocycles. The zero-order valence-corrected chi connectivity index (χ0v) is 18.9. The smallest absolute Gasteiger partial charge is 0.334 e. The minimum atomic E-state index is -1.82. The van der Waals surface area contributed by atoms with Crippen LogP contribution in [0.1, 0.15) is 27.7 Å². The molecule has 3 aliphatic rings. The average molecular weight is 458 g/mol. The molecule has 176 valence electrons. The number of ketones is 1. The molecule has 0 aliphatic carbocycles. The van der Waals surface area contributed by atoms with E-state index in [1.54, 1.807) is 13.8 Å². The van der Waals surface area contributed by atoms with Gasteiger partial charge in [0.1, 0.15) is 11.9 Å². The van der Waals surface area contributed by atoms with Crippen molar-refractivity contribution in [2.45, 2.75) is 51.6 Å². The first-order chi connectivity index (χ1) is 15.4. The number of esters is 3. The minimum absolute atomic E-state index is 0.0347. The lowest BCUT2D eigenvalue weighted by molar-refractivity contribution is -0.191. The van der Waals surface area contributed by atoms with E-state index < -0.39 is 60.1 Å². The summed E-state index contributed by atoms with van der Waals surface area (Å²) in [5.41, 5.74) is -1.00. The van der Waals surface area contributed by atoms with Crippen molar-refractivity contribution in [1.29, 1.82) is 0 Å². The first-order valence-corrected chi connectivity index (χ1v) is 10.3. The molecule has 33 heavy (non-hydrogen) atoms. The van der Waals surface area contributed by atoms with E-state index in [9.17, 15) is 24.3 Å². The third kappa shape index (κ3) is 4.41. The molecule has 0 radical (unpaired) electrons. The Kier molecular flexibility index (Phi) is 6.46. The molecular formula is C24H26O9. The summed E-state index contributed by atoms with van der Waals surface area (Å²) < 4.78 is 22.6. The van der Waals surface area contributed by atoms with Gasteiger partial charge in [0.15, 0.2) is 12.2 Å². The van der Waals surface area contributed by atoms with Gasteiger partial charge >= 0.3 is 17.9 Å². The van der Waals surface area contributed by atoms with Crippen molar-refractivity contribution >= 4 is 23.7 Å². The van der Waals surface area contributed by atoms with E-state index >= 15 is 0 Å². The third-order valence-corrected chi connectivity index (χ3v) is 5.62. The molecule has 3 aliphatic heterocycles. The highest BCUT2D eigenvalue weighted by Crippen LogP contribution is 2.44. The summed E-state index contributed by atoms with van der Waals surface area (Å²) in [5.74, 6) is -3.94. The number of ether oxygens (including phenoxy) is 4. The lowest BCUT2D eigenvalue weighted by Gasteiger charge is -2.38. The maximum absolute atomic E-state index is 13.1. The zero-order valence-electron chi connectivity index (χ0n) is 18.9. The highest BCUT2D eigenvalue weighted by Gasteiger charge is 2.60. The molecule has 9 heteroatoms. The Bertz CT molecular complexity index is 1040. The van der Waals surface area contributed by atoms with E-state index in [1.165, 1.54) is 26.0 Å². The predicted molar refractivity (Wildman–Crippen MR) is 114 cm³/mol. The SMILES string of the molecule is C=C(C)C(=O)OC1C2C(=C)C(=O)OC2C=C(CO)C2=CC(=O)C(C)(O2)C1OC(=O)C=C(C)C. The van der Waals surface area contributed by atoms with Crippen LogP contribution >= 0.6 is 0 Å². The molecule has 1 fully saturated rings. The minimum Gasteiger partial charge on any atom is -0.475 e. The van der Waals surface area contributed by atoms with Crippen molar-refractivity contribution in [3.05, 3.63) is 59.4 Å². The van der Waals surface area contributed by atoms with Crippen molar-refractivity contribution in [2.24, 2.45) is 5.92 Å². The van der Waals surface area contributed by atoms with Crippen molar-refractivity contribution in [1.82, 2.24) is 0 Å². The summed E-state index contributed by atoms with van der Waals surface area (Å²) in [6.07, 6.45) is -0.135. The standard InChI is InChI=1S/C24H26O9/c1-11(2)7-18(27)31-21-20(32-22(28)12(3)4)19-13(5)23(29)30-16(19)8-14(10-25)15-9-17(26)24(21,6)33-15/h7-9,16,19-21,25H,3,5,10H2,1-2,4,6H3. The second-order valence-corrected chi connectivity index (χ2v) is 8.58. The molecule has 0 aromatic rings. The van der Waals surface area contributed by atoms with Gasteiger partial charge in [-0.1, -0.05) is 18.7 Å². The van der Waals surface area contributed by atoms with Crippen LogP contribution in [0.2, 0.25) is 0 Å². The van der Waals surface area contributed by atoms with E-state index in [1.807, 2.05) is 0 Å². The van der Waals surface area contributed by atoms with Gasteiger partial charge in [-0.05, 0) is 33.8 Å². The molecular weight excluding hydrogens is 432 g/mol. The molecule has 1 saturated heterocycles. The third-order valence-electron chi connectivity index (χ3n) is 5.62. The largest absolute Gasteiger partial charge is 0.475 e. The number of carbonyl (C=O) groups is 4. The van der Waals surface area contributed by atoms with Crippen LogP contribution in [0.4, 0.5) is 0 Å². The lowest BCUT2D eigenvalue weighted by atomic mass is 9.80. The van der Waals surface area contributed by atoms with Gasteiger partial charge < -0.3 is 24.1 Å². The van der Waals surface area contributed by atoms with Gasteiger partial charge in [-0.15, -0.1) is 0 Å². The Morgan fingerprint density at radius 2 is 1.91 bits per heavy atom. The summed E-state index contributed by atoms with van der Waals surface area (Å²) in [4.78, 5) is 50.7. The molecule has 1 N–H and O–H groups in total. The van der Waals surface area contributed by atoms with Crippen molar-refractivity contribution in [3.63, 3.8) is 0 Å². The van der Waals surface area contributed by atoms with Gasteiger partial charge in [0.2, 0.25) is 11.4 Å². The molecule has 0 aromatic heterocycles. The van der Waals surface area contributed by atoms with Crippen molar-refractivity contribution < 1.29 is 43.2 Å². The van der Waals surface area contributed by atoms with E-state index in [0.29, 0.717) is 5.57 Å². The summed E-state index contributed by atoms with van der Waals surface area (Å²) in [6.45, 7) is 13.0. The molecule has 0 aromatic carbocycles. The molecule has 3 rings (SSSR count). The van der Waals surface area contributed by atoms with Gasteiger partial charge in [0, 0.05) is 28.9 Å². The topological polar surface area (TPSA) is 125 Å². The molecule has 9 nitrogen and oxygen atoms in total. The van der Waals surface area contributed by atoms with Crippen LogP contribution < -0.4 is 0 Å². The maximum atomic E-state index is 13.1. The number of carbonyl (C=O) groups excluding carboxylic acids is 4. The molecule has 0 amide bonds. The Morgan fingerprint density at radius 1 is 1.24 bits per heavy atom. The first-order valence-electron chi connectivity index (χ1n) is 10.3. The van der Waals surface area contributed by atoms with E-state index in [-0.39, 0.29) is 22.5 Å². The molecule has 0 spiro atoms. The predicted octanol–water partition coefficient (Wildman–Crippen LogP) is 1.62. The van der Waals surface area contributed by atoms with Crippen LogP contribution in [0, 0.1) is 5.92 Å². The average Bonchev–Trinajstić information content (AvgIpc) is 3.18. The van der Waals surface area contributed by atoms with Gasteiger partial charge in [-0.3, -0.25) is 4.79 Å². The van der Waals surface area contributed by atoms with Crippen LogP contribution in [-0.2, 0) is 38.1 Å². The van der Waals surface area contributed by atoms with E-state index in [4.69, 9.17) is 18.9 Å². The molecule has 5 atom stereocenters. The summed E-state index contributed by atoms with van der Waals surface area (Å²) in [7, 11) is 0. The fourth-order valence-electron chi connectivity index (χ4n) is 3.90. The van der Waals surface area contributed by atoms with Crippen LogP contribution in [-0.4, -0.2) is 59.3 Å². The number of hydrogen-bond donors (Lipinski definition) is 1. The van der Waals surface area contributed by atoms with Crippen molar-refractivity contribution in [3.8, 4) is 0 Å². The summed E-state index contributed by atoms with van der Waals surface area (Å²) in [5, 5.41) is 9.88. The van der Waals surface area contributed by atoms with Crippen LogP contribution in [0.5, 0.6) is 0 Å². The first kappa shape index (κ1) is 24.2. The van der Waals surface area contributed by atoms with Crippen LogP contribution in [0.25, 0.3) is 0 Å². The Morgan fingerprint density at radius 3 is 2.48 bits per heavy atom. The van der Waals surface area contributed by atoms with Gasteiger partial charge in [-0.25, -0.2) is 14.4 Å². The Labute approximate surface area is 191 Å². The fraction of sp³-hybridized carbons (Fsp3) is 0.417. The fourth-order valence-corrected chi connectivity index (χ4v) is 3.90. The normalized spacial score (nSPS) is 30.4. The number of aliphatic hydroxyl groups excluding tert-OH is 1. The number of hydrogen-bond acceptors (Lipinski definition) is 9. The summed E-state index contributed by atoms with van der Waals surface area (Å²) >= 11 is 0. The number of fused-ring (bicyclic) bond motifs is 3. The molecule has 2 bridgehead atoms. The summed E-state index contributed by atoms with van der Waals surface area (Å²) in [6, 6.07) is 0. The molecule has 0 saturated carbocycles. The highest BCUT2D eigenvalue weighted by atomic mass is 16.6. The molecule has 5 unspecified atom stereocenters. The zero-order chi connectivity index (χ0) is 24.7. The Hall–Kier alpha value is -3.46. The van der Waals surface area contributed by atoms with Gasteiger partial charge in [-0.2, -0.15) is 0 Å².